The van der Waals surface area contributed by atoms with Gasteiger partial charge in [0.1, 0.15) is 28.4 Å². The number of rotatable bonds is 9. The molecule has 0 spiro atoms. The standard InChI is InChI=1S/C29H25NO7/c1-3-35-29(33)25-22-17-20(11-13-24(22)37-27(25)18-8-5-4-6-9-18)36-15-7-14-30-23-12-10-19(34-2)16-21(23)26(31)28(30)32/h4-6,8-13,16-17H,3,7,14-15H2,1-2H3. The number of ketones is 1. The van der Waals surface area contributed by atoms with Crippen molar-refractivity contribution < 1.29 is 33.0 Å². The highest BCUT2D eigenvalue weighted by Crippen LogP contribution is 2.36. The molecule has 0 saturated carbocycles. The van der Waals surface area contributed by atoms with Crippen molar-refractivity contribution in [1.29, 1.82) is 0 Å². The predicted molar refractivity (Wildman–Crippen MR) is 137 cm³/mol. The smallest absolute Gasteiger partial charge is 0.342 e. The van der Waals surface area contributed by atoms with Crippen LogP contribution < -0.4 is 14.4 Å². The monoisotopic (exact) mass is 499 g/mol. The molecule has 3 aromatic carbocycles. The fourth-order valence-electron chi connectivity index (χ4n) is 4.41. The van der Waals surface area contributed by atoms with E-state index in [1.807, 2.05) is 30.3 Å². The summed E-state index contributed by atoms with van der Waals surface area (Å²) in [6.07, 6.45) is 0.494. The van der Waals surface area contributed by atoms with Gasteiger partial charge in [0.2, 0.25) is 0 Å². The zero-order chi connectivity index (χ0) is 25.9. The third kappa shape index (κ3) is 4.53. The fraction of sp³-hybridized carbons (Fsp3) is 0.207. The minimum absolute atomic E-state index is 0.240. The molecule has 1 amide bonds. The SMILES string of the molecule is CCOC(=O)c1c(-c2ccccc2)oc2ccc(OCCCN3C(=O)C(=O)c4cc(OC)ccc43)cc12. The van der Waals surface area contributed by atoms with Crippen LogP contribution in [0.3, 0.4) is 0 Å². The van der Waals surface area contributed by atoms with Crippen molar-refractivity contribution in [3.05, 3.63) is 77.9 Å². The van der Waals surface area contributed by atoms with E-state index in [2.05, 4.69) is 0 Å². The first-order valence-electron chi connectivity index (χ1n) is 12.0. The lowest BCUT2D eigenvalue weighted by Gasteiger charge is -2.16. The van der Waals surface area contributed by atoms with E-state index in [4.69, 9.17) is 18.6 Å². The Kier molecular flexibility index (Phi) is 6.64. The van der Waals surface area contributed by atoms with E-state index in [9.17, 15) is 14.4 Å². The van der Waals surface area contributed by atoms with Crippen molar-refractivity contribution in [1.82, 2.24) is 0 Å². The number of amides is 1. The Morgan fingerprint density at radius 1 is 0.973 bits per heavy atom. The molecule has 0 bridgehead atoms. The average molecular weight is 500 g/mol. The third-order valence-electron chi connectivity index (χ3n) is 6.15. The van der Waals surface area contributed by atoms with E-state index >= 15 is 0 Å². The van der Waals surface area contributed by atoms with Crippen molar-refractivity contribution >= 4 is 34.3 Å². The maximum Gasteiger partial charge on any atom is 0.342 e. The zero-order valence-corrected chi connectivity index (χ0v) is 20.5. The van der Waals surface area contributed by atoms with Gasteiger partial charge in [-0.2, -0.15) is 0 Å². The molecule has 0 unspecified atom stereocenters. The molecule has 1 aliphatic heterocycles. The van der Waals surface area contributed by atoms with Gasteiger partial charge in [0, 0.05) is 17.5 Å². The molecule has 0 aliphatic carbocycles. The highest BCUT2D eigenvalue weighted by Gasteiger charge is 2.35. The van der Waals surface area contributed by atoms with Crippen LogP contribution in [-0.2, 0) is 9.53 Å². The Bertz CT molecular complexity index is 1490. The topological polar surface area (TPSA) is 95.3 Å². The molecule has 0 atom stereocenters. The van der Waals surface area contributed by atoms with E-state index in [1.54, 1.807) is 43.3 Å². The summed E-state index contributed by atoms with van der Waals surface area (Å²) in [6, 6.07) is 19.7. The lowest BCUT2D eigenvalue weighted by Crippen LogP contribution is -2.31. The molecule has 0 fully saturated rings. The highest BCUT2D eigenvalue weighted by molar-refractivity contribution is 6.52. The van der Waals surface area contributed by atoms with Gasteiger partial charge in [0.25, 0.3) is 11.7 Å². The number of esters is 1. The number of carbonyl (C=O) groups is 3. The first-order valence-corrected chi connectivity index (χ1v) is 12.0. The number of methoxy groups -OCH3 is 1. The van der Waals surface area contributed by atoms with Gasteiger partial charge in [-0.3, -0.25) is 9.59 Å². The van der Waals surface area contributed by atoms with Crippen LogP contribution in [-0.4, -0.2) is 44.5 Å². The van der Waals surface area contributed by atoms with Crippen LogP contribution in [0.4, 0.5) is 5.69 Å². The first-order chi connectivity index (χ1) is 18.0. The molecule has 8 heteroatoms. The molecule has 5 rings (SSSR count). The number of ether oxygens (including phenoxy) is 3. The second-order valence-electron chi connectivity index (χ2n) is 8.42. The van der Waals surface area contributed by atoms with E-state index < -0.39 is 17.7 Å². The molecular weight excluding hydrogens is 474 g/mol. The van der Waals surface area contributed by atoms with E-state index in [0.29, 0.717) is 64.6 Å². The summed E-state index contributed by atoms with van der Waals surface area (Å²) in [5.41, 5.74) is 2.58. The van der Waals surface area contributed by atoms with Crippen molar-refractivity contribution in [2.24, 2.45) is 0 Å². The third-order valence-corrected chi connectivity index (χ3v) is 6.15. The highest BCUT2D eigenvalue weighted by atomic mass is 16.5. The van der Waals surface area contributed by atoms with E-state index in [1.165, 1.54) is 12.0 Å². The number of hydrogen-bond acceptors (Lipinski definition) is 7. The van der Waals surface area contributed by atoms with Crippen molar-refractivity contribution in [2.45, 2.75) is 13.3 Å². The Balaban J connectivity index is 1.32. The largest absolute Gasteiger partial charge is 0.497 e. The minimum Gasteiger partial charge on any atom is -0.497 e. The average Bonchev–Trinajstić information content (AvgIpc) is 3.42. The molecule has 4 aromatic rings. The predicted octanol–water partition coefficient (Wildman–Crippen LogP) is 5.28. The Morgan fingerprint density at radius 3 is 2.51 bits per heavy atom. The van der Waals surface area contributed by atoms with Crippen LogP contribution in [0.25, 0.3) is 22.3 Å². The molecule has 0 saturated heterocycles. The quantitative estimate of drug-likeness (QED) is 0.176. The fourth-order valence-corrected chi connectivity index (χ4v) is 4.41. The molecule has 0 N–H and O–H groups in total. The molecule has 1 aromatic heterocycles. The van der Waals surface area contributed by atoms with Gasteiger partial charge in [-0.25, -0.2) is 4.79 Å². The van der Waals surface area contributed by atoms with Gasteiger partial charge in [-0.15, -0.1) is 0 Å². The summed E-state index contributed by atoms with van der Waals surface area (Å²) < 4.78 is 22.4. The number of anilines is 1. The second kappa shape index (κ2) is 10.2. The molecule has 188 valence electrons. The van der Waals surface area contributed by atoms with Crippen LogP contribution in [0.1, 0.15) is 34.1 Å². The Labute approximate surface area is 213 Å². The Hall–Kier alpha value is -4.59. The molecule has 2 heterocycles. The van der Waals surface area contributed by atoms with Gasteiger partial charge < -0.3 is 23.5 Å². The summed E-state index contributed by atoms with van der Waals surface area (Å²) in [5, 5.41) is 0.595. The van der Waals surface area contributed by atoms with E-state index in [-0.39, 0.29) is 6.61 Å². The lowest BCUT2D eigenvalue weighted by atomic mass is 10.1. The van der Waals surface area contributed by atoms with E-state index in [0.717, 1.165) is 5.56 Å². The van der Waals surface area contributed by atoms with Gasteiger partial charge in [0.15, 0.2) is 0 Å². The second-order valence-corrected chi connectivity index (χ2v) is 8.42. The summed E-state index contributed by atoms with van der Waals surface area (Å²) in [7, 11) is 1.51. The normalized spacial score (nSPS) is 12.6. The van der Waals surface area contributed by atoms with Crippen LogP contribution in [0, 0.1) is 0 Å². The van der Waals surface area contributed by atoms with Gasteiger partial charge in [0.05, 0.1) is 31.6 Å². The number of furan rings is 1. The minimum atomic E-state index is -0.560. The molecule has 8 nitrogen and oxygen atoms in total. The number of hydrogen-bond donors (Lipinski definition) is 0. The zero-order valence-electron chi connectivity index (χ0n) is 20.5. The first kappa shape index (κ1) is 24.1. The molecule has 0 radical (unpaired) electrons. The van der Waals surface area contributed by atoms with Crippen LogP contribution >= 0.6 is 0 Å². The summed E-state index contributed by atoms with van der Waals surface area (Å²) in [4.78, 5) is 39.2. The maximum absolute atomic E-state index is 12.8. The number of Topliss-reactive ketones (excluding diaryl/α,β-unsaturated/α-hetero) is 1. The van der Waals surface area contributed by atoms with Gasteiger partial charge >= 0.3 is 5.97 Å². The molecular formula is C29H25NO7. The maximum atomic E-state index is 12.8. The summed E-state index contributed by atoms with van der Waals surface area (Å²) in [5.74, 6) is -0.0512. The van der Waals surface area contributed by atoms with Crippen LogP contribution in [0.5, 0.6) is 11.5 Å². The number of nitrogens with zero attached hydrogens (tertiary/aromatic N) is 1. The lowest BCUT2D eigenvalue weighted by molar-refractivity contribution is -0.114. The number of fused-ring (bicyclic) bond motifs is 2. The molecule has 1 aliphatic rings. The van der Waals surface area contributed by atoms with Crippen LogP contribution in [0.2, 0.25) is 0 Å². The summed E-state index contributed by atoms with van der Waals surface area (Å²) >= 11 is 0. The summed E-state index contributed by atoms with van der Waals surface area (Å²) in [6.45, 7) is 2.62. The van der Waals surface area contributed by atoms with Crippen molar-refractivity contribution in [2.75, 3.05) is 31.8 Å². The van der Waals surface area contributed by atoms with Crippen molar-refractivity contribution in [3.63, 3.8) is 0 Å². The van der Waals surface area contributed by atoms with Crippen LogP contribution in [0.15, 0.2) is 71.1 Å². The molecule has 37 heavy (non-hydrogen) atoms. The Morgan fingerprint density at radius 2 is 1.76 bits per heavy atom. The van der Waals surface area contributed by atoms with Gasteiger partial charge in [-0.05, 0) is 49.7 Å². The van der Waals surface area contributed by atoms with Crippen molar-refractivity contribution in [3.8, 4) is 22.8 Å². The number of benzene rings is 3. The van der Waals surface area contributed by atoms with Gasteiger partial charge in [-0.1, -0.05) is 30.3 Å². The number of carbonyl (C=O) groups excluding carboxylic acids is 3.